The number of benzene rings is 1. The fourth-order valence-electron chi connectivity index (χ4n) is 1.19. The first-order valence-electron chi connectivity index (χ1n) is 4.58. The van der Waals surface area contributed by atoms with Crippen molar-refractivity contribution in [3.05, 3.63) is 32.8 Å². The first-order chi connectivity index (χ1) is 7.29. The molecule has 5 heteroatoms. The average Bonchev–Trinajstić information content (AvgIpc) is 2.68. The van der Waals surface area contributed by atoms with Gasteiger partial charge in [-0.25, -0.2) is 0 Å². The number of aromatic nitrogens is 2. The van der Waals surface area contributed by atoms with E-state index in [0.717, 1.165) is 22.0 Å². The molecular weight excluding hydrogens is 321 g/mol. The molecule has 0 radical (unpaired) electrons. The molecule has 15 heavy (non-hydrogen) atoms. The summed E-state index contributed by atoms with van der Waals surface area (Å²) in [5.41, 5.74) is 6.59. The topological polar surface area (TPSA) is 51.8 Å². The van der Waals surface area contributed by atoms with Gasteiger partial charge >= 0.3 is 0 Å². The van der Waals surface area contributed by atoms with Gasteiger partial charge in [-0.1, -0.05) is 23.5 Å². The third-order valence-electron chi connectivity index (χ3n) is 1.92. The summed E-state index contributed by atoms with van der Waals surface area (Å²) in [5.74, 6) is 0. The van der Waals surface area contributed by atoms with Crippen molar-refractivity contribution in [3.8, 4) is 10.6 Å². The maximum absolute atomic E-state index is 5.47. The van der Waals surface area contributed by atoms with Crippen LogP contribution in [0.2, 0.25) is 0 Å². The molecule has 0 aliphatic heterocycles. The molecular formula is C10H10IN3S. The maximum atomic E-state index is 5.47. The number of nitrogens with zero attached hydrogens (tertiary/aromatic N) is 2. The van der Waals surface area contributed by atoms with E-state index in [-0.39, 0.29) is 0 Å². The molecule has 78 valence electrons. The van der Waals surface area contributed by atoms with Gasteiger partial charge in [0.25, 0.3) is 0 Å². The zero-order chi connectivity index (χ0) is 10.7. The Labute approximate surface area is 106 Å². The molecule has 0 amide bonds. The summed E-state index contributed by atoms with van der Waals surface area (Å²) < 4.78 is 1.23. The van der Waals surface area contributed by atoms with Gasteiger partial charge in [0.1, 0.15) is 10.0 Å². The quantitative estimate of drug-likeness (QED) is 0.878. The van der Waals surface area contributed by atoms with Crippen molar-refractivity contribution in [3.63, 3.8) is 0 Å². The van der Waals surface area contributed by atoms with Crippen molar-refractivity contribution in [2.45, 2.75) is 6.42 Å². The largest absolute Gasteiger partial charge is 0.330 e. The van der Waals surface area contributed by atoms with E-state index in [0.29, 0.717) is 6.54 Å². The fourth-order valence-corrected chi connectivity index (χ4v) is 2.41. The predicted octanol–water partition coefficient (Wildman–Crippen LogP) is 2.31. The van der Waals surface area contributed by atoms with Crippen LogP contribution in [0.5, 0.6) is 0 Å². The van der Waals surface area contributed by atoms with E-state index in [1.807, 2.05) is 0 Å². The van der Waals surface area contributed by atoms with Gasteiger partial charge in [0.05, 0.1) is 0 Å². The Balaban J connectivity index is 2.25. The standard InChI is InChI=1S/C10H10IN3S/c11-8-3-1-7(2-4-8)10-14-13-9(15-10)5-6-12/h1-4H,5-6,12H2. The van der Waals surface area contributed by atoms with E-state index in [4.69, 9.17) is 5.73 Å². The van der Waals surface area contributed by atoms with E-state index in [2.05, 4.69) is 57.1 Å². The van der Waals surface area contributed by atoms with E-state index >= 15 is 0 Å². The first-order valence-corrected chi connectivity index (χ1v) is 6.47. The van der Waals surface area contributed by atoms with Crippen LogP contribution in [0.3, 0.4) is 0 Å². The van der Waals surface area contributed by atoms with Crippen molar-refractivity contribution < 1.29 is 0 Å². The molecule has 0 fully saturated rings. The number of nitrogens with two attached hydrogens (primary N) is 1. The average molecular weight is 331 g/mol. The van der Waals surface area contributed by atoms with Crippen LogP contribution in [-0.4, -0.2) is 16.7 Å². The molecule has 2 N–H and O–H groups in total. The van der Waals surface area contributed by atoms with E-state index in [9.17, 15) is 0 Å². The van der Waals surface area contributed by atoms with Crippen LogP contribution in [0.15, 0.2) is 24.3 Å². The molecule has 0 aliphatic rings. The molecule has 0 unspecified atom stereocenters. The van der Waals surface area contributed by atoms with Crippen LogP contribution in [0.25, 0.3) is 10.6 Å². The van der Waals surface area contributed by atoms with Crippen molar-refractivity contribution in [1.29, 1.82) is 0 Å². The lowest BCUT2D eigenvalue weighted by Gasteiger charge is -1.94. The smallest absolute Gasteiger partial charge is 0.147 e. The lowest BCUT2D eigenvalue weighted by atomic mass is 10.2. The number of hydrogen-bond acceptors (Lipinski definition) is 4. The number of rotatable bonds is 3. The first kappa shape index (κ1) is 11.0. The van der Waals surface area contributed by atoms with Gasteiger partial charge < -0.3 is 5.73 Å². The molecule has 2 aromatic rings. The summed E-state index contributed by atoms with van der Waals surface area (Å²) in [7, 11) is 0. The number of hydrogen-bond donors (Lipinski definition) is 1. The van der Waals surface area contributed by atoms with Crippen LogP contribution in [-0.2, 0) is 6.42 Å². The molecule has 3 nitrogen and oxygen atoms in total. The van der Waals surface area contributed by atoms with Crippen molar-refractivity contribution in [1.82, 2.24) is 10.2 Å². The molecule has 0 bridgehead atoms. The monoisotopic (exact) mass is 331 g/mol. The minimum Gasteiger partial charge on any atom is -0.330 e. The zero-order valence-electron chi connectivity index (χ0n) is 7.98. The molecule has 1 aromatic carbocycles. The normalized spacial score (nSPS) is 10.5. The summed E-state index contributed by atoms with van der Waals surface area (Å²) in [6, 6.07) is 8.27. The summed E-state index contributed by atoms with van der Waals surface area (Å²) in [4.78, 5) is 0. The highest BCUT2D eigenvalue weighted by atomic mass is 127. The Bertz CT molecular complexity index is 438. The van der Waals surface area contributed by atoms with Gasteiger partial charge in [-0.15, -0.1) is 10.2 Å². The SMILES string of the molecule is NCCc1nnc(-c2ccc(I)cc2)s1. The minimum atomic E-state index is 0.626. The summed E-state index contributed by atoms with van der Waals surface area (Å²) in [5, 5.41) is 10.2. The van der Waals surface area contributed by atoms with Gasteiger partial charge in [0.15, 0.2) is 0 Å². The van der Waals surface area contributed by atoms with Crippen molar-refractivity contribution in [2.75, 3.05) is 6.54 Å². The second kappa shape index (κ2) is 5.00. The van der Waals surface area contributed by atoms with Crippen molar-refractivity contribution >= 4 is 33.9 Å². The third-order valence-corrected chi connectivity index (χ3v) is 3.67. The molecule has 0 saturated heterocycles. The Morgan fingerprint density at radius 3 is 2.60 bits per heavy atom. The second-order valence-corrected chi connectivity index (χ2v) is 5.35. The van der Waals surface area contributed by atoms with Gasteiger partial charge in [-0.2, -0.15) is 0 Å². The second-order valence-electron chi connectivity index (χ2n) is 3.05. The molecule has 1 aromatic heterocycles. The van der Waals surface area contributed by atoms with Crippen LogP contribution in [0, 0.1) is 3.57 Å². The highest BCUT2D eigenvalue weighted by molar-refractivity contribution is 14.1. The molecule has 0 saturated carbocycles. The van der Waals surface area contributed by atoms with Crippen LogP contribution < -0.4 is 5.73 Å². The van der Waals surface area contributed by atoms with Crippen LogP contribution in [0.4, 0.5) is 0 Å². The Morgan fingerprint density at radius 1 is 1.20 bits per heavy atom. The highest BCUT2D eigenvalue weighted by Gasteiger charge is 2.05. The summed E-state index contributed by atoms with van der Waals surface area (Å²) in [6.45, 7) is 0.626. The predicted molar refractivity (Wildman–Crippen MR) is 70.8 cm³/mol. The van der Waals surface area contributed by atoms with Gasteiger partial charge in [-0.3, -0.25) is 0 Å². The highest BCUT2D eigenvalue weighted by Crippen LogP contribution is 2.24. The van der Waals surface area contributed by atoms with Crippen LogP contribution in [0.1, 0.15) is 5.01 Å². The lowest BCUT2D eigenvalue weighted by molar-refractivity contribution is 0.913. The number of halogens is 1. The molecule has 1 heterocycles. The fraction of sp³-hybridized carbons (Fsp3) is 0.200. The third kappa shape index (κ3) is 2.73. The summed E-state index contributed by atoms with van der Waals surface area (Å²) >= 11 is 3.90. The Morgan fingerprint density at radius 2 is 1.93 bits per heavy atom. The van der Waals surface area contributed by atoms with Gasteiger partial charge in [-0.05, 0) is 41.3 Å². The molecule has 0 atom stereocenters. The van der Waals surface area contributed by atoms with E-state index in [1.165, 1.54) is 3.57 Å². The van der Waals surface area contributed by atoms with Gasteiger partial charge in [0.2, 0.25) is 0 Å². The Kier molecular flexibility index (Phi) is 3.66. The zero-order valence-corrected chi connectivity index (χ0v) is 11.0. The molecule has 2 rings (SSSR count). The van der Waals surface area contributed by atoms with E-state index in [1.54, 1.807) is 11.3 Å². The minimum absolute atomic E-state index is 0.626. The molecule has 0 aliphatic carbocycles. The van der Waals surface area contributed by atoms with Crippen molar-refractivity contribution in [2.24, 2.45) is 5.73 Å². The lowest BCUT2D eigenvalue weighted by Crippen LogP contribution is -2.01. The molecule has 0 spiro atoms. The van der Waals surface area contributed by atoms with Crippen LogP contribution >= 0.6 is 33.9 Å². The Hall–Kier alpha value is -0.530. The maximum Gasteiger partial charge on any atom is 0.147 e. The summed E-state index contributed by atoms with van der Waals surface area (Å²) in [6.07, 6.45) is 0.808. The van der Waals surface area contributed by atoms with Gasteiger partial charge in [0, 0.05) is 15.6 Å². The van der Waals surface area contributed by atoms with E-state index < -0.39 is 0 Å².